The highest BCUT2D eigenvalue weighted by molar-refractivity contribution is 7.13. The molecule has 10 heteroatoms. The first kappa shape index (κ1) is 24.9. The van der Waals surface area contributed by atoms with Gasteiger partial charge in [-0.1, -0.05) is 30.3 Å². The molecule has 2 aromatic carbocycles. The van der Waals surface area contributed by atoms with Crippen molar-refractivity contribution in [3.05, 3.63) is 93.2 Å². The number of hydrogen-bond acceptors (Lipinski definition) is 9. The van der Waals surface area contributed by atoms with Gasteiger partial charge in [-0.2, -0.15) is 0 Å². The Hall–Kier alpha value is -3.73. The summed E-state index contributed by atoms with van der Waals surface area (Å²) in [4.78, 5) is 24.0. The topological polar surface area (TPSA) is 111 Å². The third kappa shape index (κ3) is 5.66. The molecule has 5 rings (SSSR count). The second kappa shape index (κ2) is 10.3. The first-order valence-electron chi connectivity index (χ1n) is 11.7. The van der Waals surface area contributed by atoms with Crippen molar-refractivity contribution in [3.8, 4) is 22.0 Å². The third-order valence-electron chi connectivity index (χ3n) is 5.82. The fourth-order valence-corrected chi connectivity index (χ4v) is 5.45. The van der Waals surface area contributed by atoms with Crippen LogP contribution in [0.25, 0.3) is 22.0 Å². The van der Waals surface area contributed by atoms with Crippen molar-refractivity contribution >= 4 is 28.6 Å². The summed E-state index contributed by atoms with van der Waals surface area (Å²) in [7, 11) is 1.77. The number of nitrogens with zero attached hydrogens (tertiary/aromatic N) is 5. The van der Waals surface area contributed by atoms with E-state index in [0.29, 0.717) is 35.9 Å². The van der Waals surface area contributed by atoms with Crippen molar-refractivity contribution in [1.29, 1.82) is 0 Å². The van der Waals surface area contributed by atoms with E-state index in [2.05, 4.69) is 20.2 Å². The lowest BCUT2D eigenvalue weighted by Gasteiger charge is -2.20. The standard InChI is InChI=1S/C27H26N6O2S2/c1-17-16-37-22(30-17)15-33(3)25(34)21-12-19(11-20(13-21)24-29-9-10-36-24)23-31-32-26(35-23)27(2,28)14-18-7-5-4-6-8-18/h4-13,16H,14-15,28H2,1-3H3. The number of aryl methyl sites for hydroxylation is 1. The van der Waals surface area contributed by atoms with E-state index < -0.39 is 5.54 Å². The number of hydrogen-bond donors (Lipinski definition) is 1. The maximum absolute atomic E-state index is 13.4. The van der Waals surface area contributed by atoms with E-state index in [1.807, 2.05) is 67.1 Å². The molecular weight excluding hydrogens is 504 g/mol. The molecular formula is C27H26N6O2S2. The zero-order chi connectivity index (χ0) is 26.0. The number of rotatable bonds is 8. The molecule has 1 amide bonds. The Kier molecular flexibility index (Phi) is 6.96. The molecule has 5 aromatic rings. The molecule has 0 aliphatic heterocycles. The van der Waals surface area contributed by atoms with Crippen LogP contribution in [0.15, 0.2) is 69.9 Å². The van der Waals surface area contributed by atoms with Crippen LogP contribution < -0.4 is 5.73 Å². The van der Waals surface area contributed by atoms with Crippen LogP contribution in [0.3, 0.4) is 0 Å². The van der Waals surface area contributed by atoms with Crippen LogP contribution in [-0.4, -0.2) is 38.0 Å². The summed E-state index contributed by atoms with van der Waals surface area (Å²) in [6, 6.07) is 15.5. The van der Waals surface area contributed by atoms with Crippen molar-refractivity contribution < 1.29 is 9.21 Å². The SMILES string of the molecule is Cc1csc(CN(C)C(=O)c2cc(-c3nnc(C(C)(N)Cc4ccccc4)o3)cc(-c3nccs3)c2)n1. The summed E-state index contributed by atoms with van der Waals surface area (Å²) in [6.45, 7) is 4.23. The van der Waals surface area contributed by atoms with Gasteiger partial charge < -0.3 is 15.1 Å². The monoisotopic (exact) mass is 530 g/mol. The van der Waals surface area contributed by atoms with E-state index >= 15 is 0 Å². The average Bonchev–Trinajstić information content (AvgIpc) is 3.66. The number of amides is 1. The summed E-state index contributed by atoms with van der Waals surface area (Å²) in [5, 5.41) is 14.1. The average molecular weight is 531 g/mol. The molecule has 0 saturated carbocycles. The molecule has 3 aromatic heterocycles. The molecule has 0 aliphatic carbocycles. The fourth-order valence-electron chi connectivity index (χ4n) is 4.00. The molecule has 0 radical (unpaired) electrons. The van der Waals surface area contributed by atoms with Gasteiger partial charge in [0.05, 0.1) is 12.1 Å². The Balaban J connectivity index is 1.47. The Morgan fingerprint density at radius 1 is 1.11 bits per heavy atom. The number of nitrogens with two attached hydrogens (primary N) is 1. The van der Waals surface area contributed by atoms with Gasteiger partial charge in [0.25, 0.3) is 5.91 Å². The van der Waals surface area contributed by atoms with E-state index in [-0.39, 0.29) is 5.91 Å². The minimum Gasteiger partial charge on any atom is -0.419 e. The largest absolute Gasteiger partial charge is 0.419 e. The lowest BCUT2D eigenvalue weighted by Crippen LogP contribution is -2.35. The van der Waals surface area contributed by atoms with Crippen molar-refractivity contribution in [3.63, 3.8) is 0 Å². The van der Waals surface area contributed by atoms with Crippen LogP contribution in [0.5, 0.6) is 0 Å². The molecule has 1 atom stereocenters. The lowest BCUT2D eigenvalue weighted by molar-refractivity contribution is 0.0785. The second-order valence-corrected chi connectivity index (χ2v) is 11.0. The van der Waals surface area contributed by atoms with Crippen molar-refractivity contribution in [2.75, 3.05) is 7.05 Å². The normalized spacial score (nSPS) is 12.9. The first-order valence-corrected chi connectivity index (χ1v) is 13.4. The number of carbonyl (C=O) groups excluding carboxylic acids is 1. The van der Waals surface area contributed by atoms with E-state index in [4.69, 9.17) is 10.2 Å². The van der Waals surface area contributed by atoms with Gasteiger partial charge >= 0.3 is 0 Å². The molecule has 8 nitrogen and oxygen atoms in total. The van der Waals surface area contributed by atoms with Crippen molar-refractivity contribution in [1.82, 2.24) is 25.1 Å². The quantitative estimate of drug-likeness (QED) is 0.289. The number of aromatic nitrogens is 4. The van der Waals surface area contributed by atoms with Gasteiger partial charge in [-0.3, -0.25) is 4.79 Å². The molecule has 0 spiro atoms. The van der Waals surface area contributed by atoms with Crippen molar-refractivity contribution in [2.45, 2.75) is 32.4 Å². The molecule has 1 unspecified atom stereocenters. The number of thiazole rings is 2. The number of benzene rings is 2. The van der Waals surface area contributed by atoms with E-state index in [0.717, 1.165) is 26.8 Å². The van der Waals surface area contributed by atoms with Crippen LogP contribution in [-0.2, 0) is 18.5 Å². The van der Waals surface area contributed by atoms with Gasteiger partial charge in [0.15, 0.2) is 0 Å². The fraction of sp³-hybridized carbons (Fsp3) is 0.222. The molecule has 2 N–H and O–H groups in total. The summed E-state index contributed by atoms with van der Waals surface area (Å²) in [5.41, 5.74) is 9.68. The second-order valence-electron chi connectivity index (χ2n) is 9.17. The van der Waals surface area contributed by atoms with Gasteiger partial charge in [0.1, 0.15) is 10.0 Å². The molecule has 3 heterocycles. The Labute approximate surface area is 222 Å². The predicted octanol–water partition coefficient (Wildman–Crippen LogP) is 5.31. The van der Waals surface area contributed by atoms with Gasteiger partial charge in [-0.25, -0.2) is 9.97 Å². The summed E-state index contributed by atoms with van der Waals surface area (Å²) >= 11 is 3.03. The van der Waals surface area contributed by atoms with Gasteiger partial charge in [0.2, 0.25) is 11.8 Å². The summed E-state index contributed by atoms with van der Waals surface area (Å²) in [6.07, 6.45) is 2.28. The molecule has 37 heavy (non-hydrogen) atoms. The van der Waals surface area contributed by atoms with Crippen LogP contribution >= 0.6 is 22.7 Å². The maximum atomic E-state index is 13.4. The lowest BCUT2D eigenvalue weighted by atomic mass is 9.94. The van der Waals surface area contributed by atoms with E-state index in [9.17, 15) is 4.79 Å². The molecule has 0 bridgehead atoms. The zero-order valence-corrected chi connectivity index (χ0v) is 22.3. The van der Waals surface area contributed by atoms with Crippen LogP contribution in [0.4, 0.5) is 0 Å². The van der Waals surface area contributed by atoms with E-state index in [1.165, 1.54) is 22.7 Å². The minimum atomic E-state index is -0.857. The van der Waals surface area contributed by atoms with Crippen molar-refractivity contribution in [2.24, 2.45) is 5.73 Å². The molecule has 188 valence electrons. The number of carbonyl (C=O) groups is 1. The molecule has 0 fully saturated rings. The van der Waals surface area contributed by atoms with Gasteiger partial charge in [-0.05, 0) is 44.0 Å². The Bertz CT molecular complexity index is 1510. The van der Waals surface area contributed by atoms with Crippen LogP contribution in [0.2, 0.25) is 0 Å². The first-order chi connectivity index (χ1) is 17.8. The van der Waals surface area contributed by atoms with Gasteiger partial charge in [0, 0.05) is 46.4 Å². The smallest absolute Gasteiger partial charge is 0.254 e. The summed E-state index contributed by atoms with van der Waals surface area (Å²) < 4.78 is 6.08. The van der Waals surface area contributed by atoms with E-state index in [1.54, 1.807) is 24.2 Å². The predicted molar refractivity (Wildman–Crippen MR) is 145 cm³/mol. The zero-order valence-electron chi connectivity index (χ0n) is 20.7. The van der Waals surface area contributed by atoms with Crippen LogP contribution in [0.1, 0.15) is 39.4 Å². The Morgan fingerprint density at radius 2 is 1.89 bits per heavy atom. The summed E-state index contributed by atoms with van der Waals surface area (Å²) in [5.74, 6) is 0.487. The third-order valence-corrected chi connectivity index (χ3v) is 7.59. The van der Waals surface area contributed by atoms with Gasteiger partial charge in [-0.15, -0.1) is 32.9 Å². The van der Waals surface area contributed by atoms with Crippen LogP contribution in [0, 0.1) is 6.92 Å². The highest BCUT2D eigenvalue weighted by atomic mass is 32.1. The molecule has 0 aliphatic rings. The highest BCUT2D eigenvalue weighted by Crippen LogP contribution is 2.31. The maximum Gasteiger partial charge on any atom is 0.254 e. The Morgan fingerprint density at radius 3 is 2.59 bits per heavy atom. The molecule has 0 saturated heterocycles. The highest BCUT2D eigenvalue weighted by Gasteiger charge is 2.29. The minimum absolute atomic E-state index is 0.139.